The highest BCUT2D eigenvalue weighted by atomic mass is 16.5. The lowest BCUT2D eigenvalue weighted by molar-refractivity contribution is -0.125. The number of carboxylic acids is 1. The summed E-state index contributed by atoms with van der Waals surface area (Å²) >= 11 is 0. The van der Waals surface area contributed by atoms with Crippen molar-refractivity contribution < 1.29 is 23.8 Å². The Morgan fingerprint density at radius 1 is 1.38 bits per heavy atom. The van der Waals surface area contributed by atoms with Crippen LogP contribution in [0, 0.1) is 5.92 Å². The Morgan fingerprint density at radius 2 is 2.10 bits per heavy atom. The van der Waals surface area contributed by atoms with Gasteiger partial charge < -0.3 is 19.6 Å². The number of ether oxygens (including phenoxy) is 1. The van der Waals surface area contributed by atoms with Gasteiger partial charge in [-0.2, -0.15) is 0 Å². The van der Waals surface area contributed by atoms with Gasteiger partial charge in [0.2, 0.25) is 11.7 Å². The number of amides is 1. The summed E-state index contributed by atoms with van der Waals surface area (Å²) in [5, 5.41) is 11.5. The first kappa shape index (κ1) is 15.5. The average molecular weight is 296 g/mol. The van der Waals surface area contributed by atoms with Crippen LogP contribution in [-0.2, 0) is 16.1 Å². The van der Waals surface area contributed by atoms with Crippen molar-refractivity contribution in [2.75, 3.05) is 32.8 Å². The second-order valence-electron chi connectivity index (χ2n) is 5.10. The zero-order chi connectivity index (χ0) is 15.2. The molecule has 7 heteroatoms. The van der Waals surface area contributed by atoms with E-state index in [1.165, 1.54) is 6.07 Å². The summed E-state index contributed by atoms with van der Waals surface area (Å²) in [7, 11) is 0. The molecule has 1 fully saturated rings. The van der Waals surface area contributed by atoms with Crippen molar-refractivity contribution in [2.45, 2.75) is 13.5 Å². The highest BCUT2D eigenvalue weighted by Gasteiger charge is 2.19. The molecule has 0 aromatic carbocycles. The van der Waals surface area contributed by atoms with Gasteiger partial charge in [-0.25, -0.2) is 4.79 Å². The minimum atomic E-state index is -1.12. The molecule has 7 nitrogen and oxygen atoms in total. The Morgan fingerprint density at radius 3 is 2.71 bits per heavy atom. The summed E-state index contributed by atoms with van der Waals surface area (Å²) in [6.45, 7) is 5.86. The van der Waals surface area contributed by atoms with Crippen LogP contribution in [0.3, 0.4) is 0 Å². The predicted octanol–water partition coefficient (Wildman–Crippen LogP) is 0.562. The number of hydrogen-bond acceptors (Lipinski definition) is 5. The lowest BCUT2D eigenvalue weighted by Crippen LogP contribution is -2.42. The second-order valence-corrected chi connectivity index (χ2v) is 5.10. The van der Waals surface area contributed by atoms with Gasteiger partial charge >= 0.3 is 5.97 Å². The van der Waals surface area contributed by atoms with Gasteiger partial charge in [0, 0.05) is 25.6 Å². The third kappa shape index (κ3) is 4.57. The minimum absolute atomic E-state index is 0.0743. The molecule has 1 atom stereocenters. The van der Waals surface area contributed by atoms with Crippen LogP contribution in [0.1, 0.15) is 23.2 Å². The van der Waals surface area contributed by atoms with E-state index in [0.29, 0.717) is 25.5 Å². The Balaban J connectivity index is 1.76. The standard InChI is InChI=1S/C14H20N2O5/c1-10(9-16-4-6-20-7-5-16)13(17)15-8-11-2-3-12(21-11)14(18)19/h2-3,10H,4-9H2,1H3,(H,15,17)(H,18,19)/t10-/m0/s1. The fraction of sp³-hybridized carbons (Fsp3) is 0.571. The summed E-state index contributed by atoms with van der Waals surface area (Å²) in [6.07, 6.45) is 0. The lowest BCUT2D eigenvalue weighted by Gasteiger charge is -2.28. The highest BCUT2D eigenvalue weighted by molar-refractivity contribution is 5.84. The number of morpholine rings is 1. The van der Waals surface area contributed by atoms with Gasteiger partial charge in [0.1, 0.15) is 5.76 Å². The van der Waals surface area contributed by atoms with Crippen molar-refractivity contribution in [3.8, 4) is 0 Å². The molecule has 0 radical (unpaired) electrons. The molecule has 21 heavy (non-hydrogen) atoms. The minimum Gasteiger partial charge on any atom is -0.475 e. The number of carbonyl (C=O) groups excluding carboxylic acids is 1. The van der Waals surface area contributed by atoms with Gasteiger partial charge in [0.15, 0.2) is 0 Å². The molecule has 0 aliphatic carbocycles. The monoisotopic (exact) mass is 296 g/mol. The van der Waals surface area contributed by atoms with Crippen molar-refractivity contribution in [2.24, 2.45) is 5.92 Å². The van der Waals surface area contributed by atoms with E-state index in [4.69, 9.17) is 14.3 Å². The Labute approximate surface area is 122 Å². The van der Waals surface area contributed by atoms with E-state index in [0.717, 1.165) is 13.1 Å². The van der Waals surface area contributed by atoms with Crippen LogP contribution in [0.2, 0.25) is 0 Å². The number of carbonyl (C=O) groups is 2. The molecule has 0 unspecified atom stereocenters. The highest BCUT2D eigenvalue weighted by Crippen LogP contribution is 2.08. The molecule has 1 saturated heterocycles. The van der Waals surface area contributed by atoms with E-state index >= 15 is 0 Å². The molecule has 116 valence electrons. The zero-order valence-corrected chi connectivity index (χ0v) is 12.0. The van der Waals surface area contributed by atoms with Crippen LogP contribution < -0.4 is 5.32 Å². The van der Waals surface area contributed by atoms with Gasteiger partial charge in [0.25, 0.3) is 0 Å². The summed E-state index contributed by atoms with van der Waals surface area (Å²) in [6, 6.07) is 2.93. The maximum Gasteiger partial charge on any atom is 0.371 e. The van der Waals surface area contributed by atoms with Crippen molar-refractivity contribution in [1.82, 2.24) is 10.2 Å². The number of rotatable bonds is 6. The first-order chi connectivity index (χ1) is 10.1. The molecule has 0 saturated carbocycles. The van der Waals surface area contributed by atoms with Crippen molar-refractivity contribution in [3.63, 3.8) is 0 Å². The molecule has 2 N–H and O–H groups in total. The molecular weight excluding hydrogens is 276 g/mol. The van der Waals surface area contributed by atoms with E-state index in [2.05, 4.69) is 10.2 Å². The van der Waals surface area contributed by atoms with E-state index in [9.17, 15) is 9.59 Å². The van der Waals surface area contributed by atoms with Crippen LogP contribution in [0.25, 0.3) is 0 Å². The molecule has 1 aliphatic heterocycles. The molecule has 2 heterocycles. The number of nitrogens with zero attached hydrogens (tertiary/aromatic N) is 1. The van der Waals surface area contributed by atoms with Crippen molar-refractivity contribution in [3.05, 3.63) is 23.7 Å². The van der Waals surface area contributed by atoms with Crippen LogP contribution >= 0.6 is 0 Å². The van der Waals surface area contributed by atoms with Crippen LogP contribution in [0.15, 0.2) is 16.5 Å². The normalized spacial score (nSPS) is 17.4. The topological polar surface area (TPSA) is 92.0 Å². The summed E-state index contributed by atoms with van der Waals surface area (Å²) in [5.74, 6) is -1.03. The fourth-order valence-electron chi connectivity index (χ4n) is 2.19. The third-order valence-corrected chi connectivity index (χ3v) is 3.39. The lowest BCUT2D eigenvalue weighted by atomic mass is 10.1. The van der Waals surface area contributed by atoms with E-state index in [-0.39, 0.29) is 24.1 Å². The van der Waals surface area contributed by atoms with Gasteiger partial charge in [-0.15, -0.1) is 0 Å². The molecule has 1 aromatic rings. The molecule has 0 bridgehead atoms. The first-order valence-electron chi connectivity index (χ1n) is 6.96. The number of hydrogen-bond donors (Lipinski definition) is 2. The van der Waals surface area contributed by atoms with Crippen LogP contribution in [0.4, 0.5) is 0 Å². The van der Waals surface area contributed by atoms with E-state index < -0.39 is 5.97 Å². The number of aromatic carboxylic acids is 1. The van der Waals surface area contributed by atoms with Crippen LogP contribution in [0.5, 0.6) is 0 Å². The van der Waals surface area contributed by atoms with Gasteiger partial charge in [-0.1, -0.05) is 6.92 Å². The van der Waals surface area contributed by atoms with Crippen molar-refractivity contribution in [1.29, 1.82) is 0 Å². The molecular formula is C14H20N2O5. The quantitative estimate of drug-likeness (QED) is 0.797. The maximum absolute atomic E-state index is 12.0. The fourth-order valence-corrected chi connectivity index (χ4v) is 2.19. The predicted molar refractivity (Wildman–Crippen MR) is 73.9 cm³/mol. The largest absolute Gasteiger partial charge is 0.475 e. The van der Waals surface area contributed by atoms with Gasteiger partial charge in [-0.05, 0) is 12.1 Å². The van der Waals surface area contributed by atoms with Gasteiger partial charge in [-0.3, -0.25) is 9.69 Å². The smallest absolute Gasteiger partial charge is 0.371 e. The van der Waals surface area contributed by atoms with Crippen LogP contribution in [-0.4, -0.2) is 54.7 Å². The summed E-state index contributed by atoms with van der Waals surface area (Å²) in [5.41, 5.74) is 0. The number of furan rings is 1. The molecule has 1 amide bonds. The van der Waals surface area contributed by atoms with E-state index in [1.807, 2.05) is 6.92 Å². The van der Waals surface area contributed by atoms with Crippen molar-refractivity contribution >= 4 is 11.9 Å². The maximum atomic E-state index is 12.0. The Kier molecular flexibility index (Phi) is 5.35. The Hall–Kier alpha value is -1.86. The molecule has 0 spiro atoms. The van der Waals surface area contributed by atoms with Gasteiger partial charge in [0.05, 0.1) is 19.8 Å². The number of nitrogens with one attached hydrogen (secondary N) is 1. The summed E-state index contributed by atoms with van der Waals surface area (Å²) in [4.78, 5) is 24.9. The molecule has 1 aliphatic rings. The Bertz CT molecular complexity index is 493. The SMILES string of the molecule is C[C@@H](CN1CCOCC1)C(=O)NCc1ccc(C(=O)O)o1. The molecule has 1 aromatic heterocycles. The zero-order valence-electron chi connectivity index (χ0n) is 12.0. The first-order valence-corrected chi connectivity index (χ1v) is 6.96. The summed E-state index contributed by atoms with van der Waals surface area (Å²) < 4.78 is 10.4. The average Bonchev–Trinajstić information content (AvgIpc) is 2.95. The second kappa shape index (κ2) is 7.24. The number of carboxylic acid groups (broad SMARTS) is 1. The third-order valence-electron chi connectivity index (χ3n) is 3.39. The van der Waals surface area contributed by atoms with E-state index in [1.54, 1.807) is 6.07 Å². The molecule has 2 rings (SSSR count).